The van der Waals surface area contributed by atoms with Crippen LogP contribution in [0.2, 0.25) is 0 Å². The van der Waals surface area contributed by atoms with Crippen molar-refractivity contribution >= 4 is 39.6 Å². The van der Waals surface area contributed by atoms with Gasteiger partial charge < -0.3 is 5.32 Å². The zero-order chi connectivity index (χ0) is 14.7. The molecule has 0 amide bonds. The Bertz CT molecular complexity index is 704. The van der Waals surface area contributed by atoms with Gasteiger partial charge in [-0.1, -0.05) is 36.4 Å². The van der Waals surface area contributed by atoms with Crippen LogP contribution in [0.25, 0.3) is 10.4 Å². The Morgan fingerprint density at radius 2 is 1.71 bits per heavy atom. The Kier molecular flexibility index (Phi) is 4.60. The number of hydrogen-bond acceptors (Lipinski definition) is 2. The van der Waals surface area contributed by atoms with E-state index in [0.717, 1.165) is 0 Å². The molecule has 0 aliphatic rings. The normalized spacial score (nSPS) is 12.1. The fraction of sp³-hybridized carbons (Fsp3) is 0.111. The van der Waals surface area contributed by atoms with Gasteiger partial charge in [-0.3, -0.25) is 0 Å². The summed E-state index contributed by atoms with van der Waals surface area (Å²) in [6.45, 7) is 2.20. The van der Waals surface area contributed by atoms with Crippen LogP contribution in [0.4, 0.5) is 5.69 Å². The first-order valence-electron chi connectivity index (χ1n) is 6.89. The largest absolute Gasteiger partial charge is 0.378 e. The van der Waals surface area contributed by atoms with E-state index in [9.17, 15) is 0 Å². The molecule has 0 bridgehead atoms. The van der Waals surface area contributed by atoms with E-state index in [0.29, 0.717) is 0 Å². The second-order valence-corrected chi connectivity index (χ2v) is 7.13. The van der Waals surface area contributed by atoms with E-state index in [-0.39, 0.29) is 6.04 Å². The lowest BCUT2D eigenvalue weighted by atomic mass is 10.1. The maximum Gasteiger partial charge on any atom is 0.0485 e. The number of rotatable bonds is 4. The lowest BCUT2D eigenvalue weighted by molar-refractivity contribution is 0.885. The van der Waals surface area contributed by atoms with Crippen molar-refractivity contribution in [2.75, 3.05) is 5.32 Å². The molecule has 2 aromatic carbocycles. The summed E-state index contributed by atoms with van der Waals surface area (Å²) in [7, 11) is 0. The molecule has 0 saturated heterocycles. The minimum atomic E-state index is 0.281. The molecule has 1 atom stereocenters. The highest BCUT2D eigenvalue weighted by molar-refractivity contribution is 14.1. The number of hydrogen-bond donors (Lipinski definition) is 1. The standard InChI is InChI=1S/C18H16INS/c1-13(14-8-10-15(19)11-9-14)20-17-6-3-2-5-16(17)18-7-4-12-21-18/h2-13,20H,1H3. The average Bonchev–Trinajstić information content (AvgIpc) is 3.02. The molecule has 1 aromatic heterocycles. The van der Waals surface area contributed by atoms with E-state index >= 15 is 0 Å². The molecule has 3 heteroatoms. The van der Waals surface area contributed by atoms with Gasteiger partial charge in [0, 0.05) is 25.7 Å². The van der Waals surface area contributed by atoms with Crippen molar-refractivity contribution in [3.05, 3.63) is 75.2 Å². The molecule has 0 aliphatic heterocycles. The molecule has 0 fully saturated rings. The molecule has 0 aliphatic carbocycles. The van der Waals surface area contributed by atoms with Crippen molar-refractivity contribution in [2.45, 2.75) is 13.0 Å². The molecule has 1 heterocycles. The van der Waals surface area contributed by atoms with Gasteiger partial charge >= 0.3 is 0 Å². The maximum atomic E-state index is 3.64. The van der Waals surface area contributed by atoms with E-state index in [1.54, 1.807) is 11.3 Å². The first kappa shape index (κ1) is 14.6. The van der Waals surface area contributed by atoms with Crippen LogP contribution in [-0.2, 0) is 0 Å². The van der Waals surface area contributed by atoms with Gasteiger partial charge in [0.1, 0.15) is 0 Å². The fourth-order valence-electron chi connectivity index (χ4n) is 2.32. The first-order valence-corrected chi connectivity index (χ1v) is 8.85. The third-order valence-corrected chi connectivity index (χ3v) is 5.08. The highest BCUT2D eigenvalue weighted by Gasteiger charge is 2.09. The third-order valence-electron chi connectivity index (χ3n) is 3.46. The predicted octanol–water partition coefficient (Wildman–Crippen LogP) is 6.19. The Labute approximate surface area is 143 Å². The SMILES string of the molecule is CC(Nc1ccccc1-c1cccs1)c1ccc(I)cc1. The van der Waals surface area contributed by atoms with E-state index in [1.165, 1.54) is 25.3 Å². The molecule has 0 saturated carbocycles. The summed E-state index contributed by atoms with van der Waals surface area (Å²) in [6.07, 6.45) is 0. The lowest BCUT2D eigenvalue weighted by Crippen LogP contribution is -2.07. The van der Waals surface area contributed by atoms with Gasteiger partial charge in [-0.2, -0.15) is 0 Å². The Morgan fingerprint density at radius 1 is 0.952 bits per heavy atom. The van der Waals surface area contributed by atoms with Gasteiger partial charge in [-0.05, 0) is 64.7 Å². The number of halogens is 1. The highest BCUT2D eigenvalue weighted by atomic mass is 127. The zero-order valence-corrected chi connectivity index (χ0v) is 14.7. The minimum Gasteiger partial charge on any atom is -0.378 e. The Hall–Kier alpha value is -1.33. The van der Waals surface area contributed by atoms with Crippen molar-refractivity contribution in [3.63, 3.8) is 0 Å². The molecule has 0 spiro atoms. The van der Waals surface area contributed by atoms with Gasteiger partial charge in [0.2, 0.25) is 0 Å². The van der Waals surface area contributed by atoms with E-state index in [4.69, 9.17) is 0 Å². The van der Waals surface area contributed by atoms with Crippen molar-refractivity contribution in [1.29, 1.82) is 0 Å². The predicted molar refractivity (Wildman–Crippen MR) is 101 cm³/mol. The van der Waals surface area contributed by atoms with Crippen LogP contribution in [0, 0.1) is 3.57 Å². The summed E-state index contributed by atoms with van der Waals surface area (Å²) in [4.78, 5) is 1.30. The van der Waals surface area contributed by atoms with Gasteiger partial charge in [-0.15, -0.1) is 11.3 Å². The summed E-state index contributed by atoms with van der Waals surface area (Å²) in [6, 6.07) is 21.7. The monoisotopic (exact) mass is 405 g/mol. The molecule has 1 nitrogen and oxygen atoms in total. The van der Waals surface area contributed by atoms with Crippen molar-refractivity contribution < 1.29 is 0 Å². The van der Waals surface area contributed by atoms with Crippen LogP contribution >= 0.6 is 33.9 Å². The Balaban J connectivity index is 1.86. The van der Waals surface area contributed by atoms with Gasteiger partial charge in [0.25, 0.3) is 0 Å². The van der Waals surface area contributed by atoms with Gasteiger partial charge in [0.05, 0.1) is 0 Å². The van der Waals surface area contributed by atoms with Crippen LogP contribution in [-0.4, -0.2) is 0 Å². The number of benzene rings is 2. The Morgan fingerprint density at radius 3 is 2.43 bits per heavy atom. The average molecular weight is 405 g/mol. The molecule has 3 aromatic rings. The molecular weight excluding hydrogens is 389 g/mol. The van der Waals surface area contributed by atoms with Crippen LogP contribution in [0.15, 0.2) is 66.0 Å². The quantitative estimate of drug-likeness (QED) is 0.510. The van der Waals surface area contributed by atoms with Crippen LogP contribution in [0.3, 0.4) is 0 Å². The molecule has 21 heavy (non-hydrogen) atoms. The van der Waals surface area contributed by atoms with Crippen molar-refractivity contribution in [2.24, 2.45) is 0 Å². The first-order chi connectivity index (χ1) is 10.2. The minimum absolute atomic E-state index is 0.281. The topological polar surface area (TPSA) is 12.0 Å². The van der Waals surface area contributed by atoms with Crippen molar-refractivity contribution in [3.8, 4) is 10.4 Å². The molecular formula is C18H16INS. The van der Waals surface area contributed by atoms with Gasteiger partial charge in [-0.25, -0.2) is 0 Å². The molecule has 106 valence electrons. The van der Waals surface area contributed by atoms with E-state index < -0.39 is 0 Å². The summed E-state index contributed by atoms with van der Waals surface area (Å²) < 4.78 is 1.27. The summed E-state index contributed by atoms with van der Waals surface area (Å²) >= 11 is 4.11. The highest BCUT2D eigenvalue weighted by Crippen LogP contribution is 2.33. The molecule has 1 N–H and O–H groups in total. The third kappa shape index (κ3) is 3.47. The van der Waals surface area contributed by atoms with E-state index in [2.05, 4.69) is 101 Å². The lowest BCUT2D eigenvalue weighted by Gasteiger charge is -2.18. The number of anilines is 1. The molecule has 0 radical (unpaired) electrons. The molecule has 1 unspecified atom stereocenters. The second kappa shape index (κ2) is 6.62. The summed E-state index contributed by atoms with van der Waals surface area (Å²) in [5, 5.41) is 5.76. The van der Waals surface area contributed by atoms with Crippen molar-refractivity contribution in [1.82, 2.24) is 0 Å². The zero-order valence-electron chi connectivity index (χ0n) is 11.7. The van der Waals surface area contributed by atoms with Crippen LogP contribution < -0.4 is 5.32 Å². The molecule has 3 rings (SSSR count). The smallest absolute Gasteiger partial charge is 0.0485 e. The van der Waals surface area contributed by atoms with Gasteiger partial charge in [0.15, 0.2) is 0 Å². The van der Waals surface area contributed by atoms with Crippen LogP contribution in [0.1, 0.15) is 18.5 Å². The number of nitrogens with one attached hydrogen (secondary N) is 1. The maximum absolute atomic E-state index is 3.64. The number of para-hydroxylation sites is 1. The number of thiophene rings is 1. The fourth-order valence-corrected chi connectivity index (χ4v) is 3.45. The van der Waals surface area contributed by atoms with Crippen LogP contribution in [0.5, 0.6) is 0 Å². The van der Waals surface area contributed by atoms with E-state index in [1.807, 2.05) is 0 Å². The summed E-state index contributed by atoms with van der Waals surface area (Å²) in [5.41, 5.74) is 3.76. The second-order valence-electron chi connectivity index (χ2n) is 4.94. The summed E-state index contributed by atoms with van der Waals surface area (Å²) in [5.74, 6) is 0.